The molecule has 20 heavy (non-hydrogen) atoms. The van der Waals surface area contributed by atoms with Gasteiger partial charge in [-0.1, -0.05) is 24.3 Å². The van der Waals surface area contributed by atoms with Crippen LogP contribution in [0.4, 0.5) is 5.82 Å². The van der Waals surface area contributed by atoms with Gasteiger partial charge in [-0.2, -0.15) is 0 Å². The fraction of sp³-hybridized carbons (Fsp3) is 0.250. The first-order valence-electron chi connectivity index (χ1n) is 7.01. The molecule has 4 nitrogen and oxygen atoms in total. The average molecular weight is 264 g/mol. The van der Waals surface area contributed by atoms with Crippen molar-refractivity contribution in [1.29, 1.82) is 0 Å². The van der Waals surface area contributed by atoms with Gasteiger partial charge in [0, 0.05) is 5.92 Å². The lowest BCUT2D eigenvalue weighted by Crippen LogP contribution is -2.12. The molecule has 3 aromatic rings. The molecule has 0 amide bonds. The van der Waals surface area contributed by atoms with Gasteiger partial charge in [-0.25, -0.2) is 9.97 Å². The number of nitrogens with one attached hydrogen (secondary N) is 1. The van der Waals surface area contributed by atoms with Gasteiger partial charge in [0.25, 0.3) is 0 Å². The van der Waals surface area contributed by atoms with E-state index in [1.807, 2.05) is 6.07 Å². The van der Waals surface area contributed by atoms with Gasteiger partial charge in [0.1, 0.15) is 11.6 Å². The largest absolute Gasteiger partial charge is 0.384 e. The van der Waals surface area contributed by atoms with Crippen LogP contribution in [0.1, 0.15) is 35.7 Å². The van der Waals surface area contributed by atoms with Crippen LogP contribution in [0.5, 0.6) is 0 Å². The predicted octanol–water partition coefficient (Wildman–Crippen LogP) is 3.01. The summed E-state index contributed by atoms with van der Waals surface area (Å²) in [5.74, 6) is 1.86. The molecule has 0 spiro atoms. The van der Waals surface area contributed by atoms with Gasteiger partial charge in [-0.3, -0.25) is 0 Å². The number of nitrogen functional groups attached to an aromatic ring is 1. The van der Waals surface area contributed by atoms with E-state index in [1.165, 1.54) is 17.5 Å². The molecule has 0 saturated carbocycles. The first kappa shape index (κ1) is 11.5. The highest BCUT2D eigenvalue weighted by molar-refractivity contribution is 5.72. The molecule has 3 N–H and O–H groups in total. The Balaban J connectivity index is 1.84. The van der Waals surface area contributed by atoms with Gasteiger partial charge in [0.2, 0.25) is 0 Å². The van der Waals surface area contributed by atoms with Crippen molar-refractivity contribution in [2.45, 2.75) is 25.2 Å². The Labute approximate surface area is 117 Å². The molecule has 0 saturated heterocycles. The molecule has 1 unspecified atom stereocenters. The second-order valence-corrected chi connectivity index (χ2v) is 5.37. The van der Waals surface area contributed by atoms with Crippen LogP contribution in [0.15, 0.2) is 36.4 Å². The summed E-state index contributed by atoms with van der Waals surface area (Å²) in [6, 6.07) is 12.4. The number of rotatable bonds is 1. The van der Waals surface area contributed by atoms with E-state index >= 15 is 0 Å². The molecule has 100 valence electrons. The number of aryl methyl sites for hydroxylation is 1. The number of H-pyrrole nitrogens is 1. The van der Waals surface area contributed by atoms with Crippen molar-refractivity contribution in [2.75, 3.05) is 5.73 Å². The Kier molecular flexibility index (Phi) is 2.49. The summed E-state index contributed by atoms with van der Waals surface area (Å²) in [5, 5.41) is 0. The minimum Gasteiger partial charge on any atom is -0.384 e. The number of nitrogens with zero attached hydrogens (tertiary/aromatic N) is 2. The molecule has 0 radical (unpaired) electrons. The number of aromatic amines is 1. The van der Waals surface area contributed by atoms with E-state index in [9.17, 15) is 0 Å². The highest BCUT2D eigenvalue weighted by Crippen LogP contribution is 2.35. The summed E-state index contributed by atoms with van der Waals surface area (Å²) >= 11 is 0. The SMILES string of the molecule is Nc1ccc2[nH]c(C3CCCc4ccccc43)nc2n1. The summed E-state index contributed by atoms with van der Waals surface area (Å²) in [7, 11) is 0. The maximum atomic E-state index is 5.72. The molecule has 4 rings (SSSR count). The number of aromatic nitrogens is 3. The minimum absolute atomic E-state index is 0.343. The molecule has 0 fully saturated rings. The quantitative estimate of drug-likeness (QED) is 0.710. The van der Waals surface area contributed by atoms with Crippen molar-refractivity contribution in [1.82, 2.24) is 15.0 Å². The van der Waals surface area contributed by atoms with Crippen LogP contribution in [0.2, 0.25) is 0 Å². The number of benzene rings is 1. The first-order chi connectivity index (χ1) is 9.81. The van der Waals surface area contributed by atoms with Crippen molar-refractivity contribution in [3.8, 4) is 0 Å². The van der Waals surface area contributed by atoms with E-state index in [-0.39, 0.29) is 0 Å². The maximum absolute atomic E-state index is 5.72. The normalized spacial score (nSPS) is 18.1. The van der Waals surface area contributed by atoms with Crippen LogP contribution in [-0.2, 0) is 6.42 Å². The molecule has 1 aromatic carbocycles. The van der Waals surface area contributed by atoms with E-state index in [0.29, 0.717) is 17.4 Å². The molecule has 1 atom stereocenters. The van der Waals surface area contributed by atoms with E-state index in [1.54, 1.807) is 6.07 Å². The van der Waals surface area contributed by atoms with Crippen molar-refractivity contribution in [3.05, 3.63) is 53.3 Å². The van der Waals surface area contributed by atoms with Gasteiger partial charge in [0.15, 0.2) is 5.65 Å². The number of hydrogen-bond donors (Lipinski definition) is 2. The standard InChI is InChI=1S/C16H16N4/c17-14-9-8-13-16(19-14)20-15(18-13)12-7-3-5-10-4-1-2-6-11(10)12/h1-2,4,6,8-9,12H,3,5,7H2,(H3,17,18,19,20). The fourth-order valence-electron chi connectivity index (χ4n) is 3.13. The van der Waals surface area contributed by atoms with E-state index < -0.39 is 0 Å². The molecular formula is C16H16N4. The van der Waals surface area contributed by atoms with Crippen LogP contribution in [-0.4, -0.2) is 15.0 Å². The lowest BCUT2D eigenvalue weighted by atomic mass is 9.82. The summed E-state index contributed by atoms with van der Waals surface area (Å²) in [6.07, 6.45) is 3.50. The number of imidazole rings is 1. The van der Waals surface area contributed by atoms with Gasteiger partial charge >= 0.3 is 0 Å². The number of pyridine rings is 1. The highest BCUT2D eigenvalue weighted by atomic mass is 15.0. The monoisotopic (exact) mass is 264 g/mol. The van der Waals surface area contributed by atoms with E-state index in [2.05, 4.69) is 39.2 Å². The second kappa shape index (κ2) is 4.34. The lowest BCUT2D eigenvalue weighted by molar-refractivity contribution is 0.596. The Morgan fingerprint density at radius 2 is 2.00 bits per heavy atom. The minimum atomic E-state index is 0.343. The van der Waals surface area contributed by atoms with Gasteiger partial charge in [-0.15, -0.1) is 0 Å². The van der Waals surface area contributed by atoms with Crippen LogP contribution in [0.3, 0.4) is 0 Å². The van der Waals surface area contributed by atoms with Crippen molar-refractivity contribution >= 4 is 17.0 Å². The van der Waals surface area contributed by atoms with E-state index in [4.69, 9.17) is 5.73 Å². The molecule has 1 aliphatic carbocycles. The molecule has 2 heterocycles. The summed E-state index contributed by atoms with van der Waals surface area (Å²) in [6.45, 7) is 0. The average Bonchev–Trinajstić information content (AvgIpc) is 2.89. The van der Waals surface area contributed by atoms with Crippen molar-refractivity contribution in [2.24, 2.45) is 0 Å². The smallest absolute Gasteiger partial charge is 0.179 e. The van der Waals surface area contributed by atoms with Gasteiger partial charge in [-0.05, 0) is 42.5 Å². The van der Waals surface area contributed by atoms with Crippen molar-refractivity contribution < 1.29 is 0 Å². The Hall–Kier alpha value is -2.36. The summed E-state index contributed by atoms with van der Waals surface area (Å²) in [4.78, 5) is 12.3. The molecule has 4 heteroatoms. The van der Waals surface area contributed by atoms with E-state index in [0.717, 1.165) is 24.2 Å². The molecule has 2 aromatic heterocycles. The topological polar surface area (TPSA) is 67.6 Å². The fourth-order valence-corrected chi connectivity index (χ4v) is 3.13. The third kappa shape index (κ3) is 1.76. The zero-order valence-electron chi connectivity index (χ0n) is 11.1. The number of hydrogen-bond acceptors (Lipinski definition) is 3. The third-order valence-corrected chi connectivity index (χ3v) is 4.09. The number of anilines is 1. The third-order valence-electron chi connectivity index (χ3n) is 4.09. The lowest BCUT2D eigenvalue weighted by Gasteiger charge is -2.23. The summed E-state index contributed by atoms with van der Waals surface area (Å²) in [5.41, 5.74) is 10.2. The Morgan fingerprint density at radius 1 is 1.10 bits per heavy atom. The first-order valence-corrected chi connectivity index (χ1v) is 7.01. The van der Waals surface area contributed by atoms with Gasteiger partial charge < -0.3 is 10.7 Å². The summed E-state index contributed by atoms with van der Waals surface area (Å²) < 4.78 is 0. The predicted molar refractivity (Wildman–Crippen MR) is 79.5 cm³/mol. The molecule has 0 aliphatic heterocycles. The molecule has 0 bridgehead atoms. The zero-order chi connectivity index (χ0) is 13.5. The Morgan fingerprint density at radius 3 is 2.95 bits per heavy atom. The van der Waals surface area contributed by atoms with Gasteiger partial charge in [0.05, 0.1) is 5.52 Å². The molecule has 1 aliphatic rings. The maximum Gasteiger partial charge on any atom is 0.179 e. The number of fused-ring (bicyclic) bond motifs is 2. The van der Waals surface area contributed by atoms with Crippen LogP contribution in [0.25, 0.3) is 11.2 Å². The second-order valence-electron chi connectivity index (χ2n) is 5.37. The number of nitrogens with two attached hydrogens (primary N) is 1. The van der Waals surface area contributed by atoms with Crippen LogP contribution >= 0.6 is 0 Å². The molecular weight excluding hydrogens is 248 g/mol. The van der Waals surface area contributed by atoms with Crippen molar-refractivity contribution in [3.63, 3.8) is 0 Å². The zero-order valence-corrected chi connectivity index (χ0v) is 11.1. The van der Waals surface area contributed by atoms with Crippen LogP contribution in [0, 0.1) is 0 Å². The highest BCUT2D eigenvalue weighted by Gasteiger charge is 2.24. The Bertz CT molecular complexity index is 775. The van der Waals surface area contributed by atoms with Crippen LogP contribution < -0.4 is 5.73 Å².